The minimum absolute atomic E-state index is 0.169. The third-order valence-corrected chi connectivity index (χ3v) is 6.01. The zero-order chi connectivity index (χ0) is 13.8. The number of halogens is 4. The maximum absolute atomic E-state index is 13.5. The molecule has 102 valence electrons. The predicted molar refractivity (Wildman–Crippen MR) is 91.0 cm³/mol. The molecule has 1 aromatic heterocycles. The lowest BCUT2D eigenvalue weighted by Crippen LogP contribution is -2.17. The summed E-state index contributed by atoms with van der Waals surface area (Å²) in [7, 11) is 1.46. The van der Waals surface area contributed by atoms with Gasteiger partial charge in [-0.1, -0.05) is 0 Å². The van der Waals surface area contributed by atoms with Crippen LogP contribution in [0.25, 0.3) is 0 Å². The number of thiophene rings is 1. The van der Waals surface area contributed by atoms with Gasteiger partial charge in [-0.15, -0.1) is 0 Å². The lowest BCUT2D eigenvalue weighted by Gasteiger charge is -2.21. The molecule has 0 aliphatic rings. The Kier molecular flexibility index (Phi) is 5.91. The molecule has 0 saturated carbocycles. The maximum atomic E-state index is 13.5. The Morgan fingerprint density at radius 2 is 2.11 bits per heavy atom. The van der Waals surface area contributed by atoms with Crippen LogP contribution >= 0.6 is 57.6 Å². The van der Waals surface area contributed by atoms with Gasteiger partial charge in [0.25, 0.3) is 0 Å². The van der Waals surface area contributed by atoms with Crippen LogP contribution in [-0.2, 0) is 6.42 Å². The Balaban J connectivity index is 2.15. The van der Waals surface area contributed by atoms with E-state index in [9.17, 15) is 8.78 Å². The molecule has 0 amide bonds. The predicted octanol–water partition coefficient (Wildman–Crippen LogP) is 5.84. The van der Waals surface area contributed by atoms with Crippen molar-refractivity contribution in [2.75, 3.05) is 10.8 Å². The van der Waals surface area contributed by atoms with Crippen molar-refractivity contribution in [1.29, 1.82) is 0 Å². The summed E-state index contributed by atoms with van der Waals surface area (Å²) in [6.07, 6.45) is 0.866. The summed E-state index contributed by atoms with van der Waals surface area (Å²) >= 11 is 6.92. The molecule has 0 aliphatic heterocycles. The fourth-order valence-electron chi connectivity index (χ4n) is 1.57. The molecule has 2 rings (SSSR count). The normalized spacial score (nSPS) is 10.7. The highest BCUT2D eigenvalue weighted by Gasteiger charge is 2.16. The van der Waals surface area contributed by atoms with Crippen LogP contribution in [0.15, 0.2) is 33.4 Å². The molecule has 19 heavy (non-hydrogen) atoms. The van der Waals surface area contributed by atoms with Gasteiger partial charge in [-0.2, -0.15) is 11.3 Å². The second-order valence-electron chi connectivity index (χ2n) is 3.75. The van der Waals surface area contributed by atoms with Gasteiger partial charge >= 0.3 is 0 Å². The van der Waals surface area contributed by atoms with Gasteiger partial charge in [-0.05, 0) is 56.9 Å². The molecule has 0 spiro atoms. The van der Waals surface area contributed by atoms with E-state index in [1.807, 2.05) is 9.69 Å². The Labute approximate surface area is 139 Å². The van der Waals surface area contributed by atoms with Crippen molar-refractivity contribution in [3.63, 3.8) is 0 Å². The fourth-order valence-corrected chi connectivity index (χ4v) is 4.54. The average Bonchev–Trinajstić information content (AvgIpc) is 2.92. The van der Waals surface area contributed by atoms with E-state index < -0.39 is 11.6 Å². The molecular formula is C12H9BrF2INS2. The van der Waals surface area contributed by atoms with Crippen molar-refractivity contribution in [1.82, 2.24) is 0 Å². The quantitative estimate of drug-likeness (QED) is 0.304. The highest BCUT2D eigenvalue weighted by Crippen LogP contribution is 2.36. The van der Waals surface area contributed by atoms with Crippen molar-refractivity contribution in [2.24, 2.45) is 0 Å². The van der Waals surface area contributed by atoms with Crippen molar-refractivity contribution >= 4 is 63.3 Å². The van der Waals surface area contributed by atoms with Crippen LogP contribution < -0.4 is 4.31 Å². The lowest BCUT2D eigenvalue weighted by molar-refractivity contribution is 0.504. The standard InChI is InChI=1S/C12H9BrF2INS2/c13-11-10(2-1-9(14)12(11)15)17(19-16)5-3-8-4-6-18-7-8/h1-2,4,6-7H,3,5H2. The van der Waals surface area contributed by atoms with Crippen molar-refractivity contribution in [3.8, 4) is 0 Å². The van der Waals surface area contributed by atoms with Crippen molar-refractivity contribution in [3.05, 3.63) is 50.6 Å². The van der Waals surface area contributed by atoms with Crippen LogP contribution in [0.5, 0.6) is 0 Å². The molecule has 0 unspecified atom stereocenters. The first kappa shape index (κ1) is 15.5. The number of nitrogens with zero attached hydrogens (tertiary/aromatic N) is 1. The summed E-state index contributed by atoms with van der Waals surface area (Å²) in [4.78, 5) is 0. The van der Waals surface area contributed by atoms with Crippen LogP contribution in [0, 0.1) is 11.6 Å². The SMILES string of the molecule is Fc1ccc(N(CCc2ccsc2)SI)c(Br)c1F. The fraction of sp³-hybridized carbons (Fsp3) is 0.167. The van der Waals surface area contributed by atoms with Crippen LogP contribution in [0.1, 0.15) is 5.56 Å². The van der Waals surface area contributed by atoms with Crippen LogP contribution in [-0.4, -0.2) is 6.54 Å². The van der Waals surface area contributed by atoms with E-state index >= 15 is 0 Å². The molecule has 0 bridgehead atoms. The number of hydrogen-bond donors (Lipinski definition) is 0. The number of anilines is 1. The third kappa shape index (κ3) is 3.83. The smallest absolute Gasteiger partial charge is 0.175 e. The molecule has 2 aromatic rings. The summed E-state index contributed by atoms with van der Waals surface area (Å²) in [5.41, 5.74) is 1.90. The van der Waals surface area contributed by atoms with Crippen LogP contribution in [0.3, 0.4) is 0 Å². The van der Waals surface area contributed by atoms with Gasteiger partial charge in [0.05, 0.1) is 10.2 Å². The largest absolute Gasteiger partial charge is 0.306 e. The van der Waals surface area contributed by atoms with Gasteiger partial charge < -0.3 is 4.31 Å². The van der Waals surface area contributed by atoms with E-state index in [1.54, 1.807) is 17.4 Å². The third-order valence-electron chi connectivity index (χ3n) is 2.55. The van der Waals surface area contributed by atoms with Gasteiger partial charge in [0, 0.05) is 36.9 Å². The monoisotopic (exact) mass is 475 g/mol. The van der Waals surface area contributed by atoms with E-state index in [-0.39, 0.29) is 4.47 Å². The Hall–Kier alpha value is 0.140. The average molecular weight is 476 g/mol. The first-order valence-electron chi connectivity index (χ1n) is 5.34. The van der Waals surface area contributed by atoms with Crippen LogP contribution in [0.2, 0.25) is 0 Å². The van der Waals surface area contributed by atoms with Gasteiger partial charge in [-0.25, -0.2) is 8.78 Å². The topological polar surface area (TPSA) is 3.24 Å². The highest BCUT2D eigenvalue weighted by atomic mass is 127. The molecule has 0 radical (unpaired) electrons. The summed E-state index contributed by atoms with van der Waals surface area (Å²) in [5.74, 6) is -1.68. The minimum Gasteiger partial charge on any atom is -0.306 e. The van der Waals surface area contributed by atoms with Crippen molar-refractivity contribution < 1.29 is 8.78 Å². The summed E-state index contributed by atoms with van der Waals surface area (Å²) in [5, 5.41) is 4.13. The zero-order valence-electron chi connectivity index (χ0n) is 9.58. The summed E-state index contributed by atoms with van der Waals surface area (Å²) in [6.45, 7) is 0.730. The molecule has 1 nitrogen and oxygen atoms in total. The Morgan fingerprint density at radius 3 is 2.74 bits per heavy atom. The molecule has 1 heterocycles. The second kappa shape index (κ2) is 7.24. The lowest BCUT2D eigenvalue weighted by atomic mass is 10.2. The van der Waals surface area contributed by atoms with E-state index in [2.05, 4.69) is 48.6 Å². The van der Waals surface area contributed by atoms with Crippen molar-refractivity contribution in [2.45, 2.75) is 6.42 Å². The van der Waals surface area contributed by atoms with E-state index in [4.69, 9.17) is 0 Å². The van der Waals surface area contributed by atoms with Gasteiger partial charge in [0.2, 0.25) is 0 Å². The maximum Gasteiger partial charge on any atom is 0.175 e. The Bertz CT molecular complexity index is 551. The molecule has 0 fully saturated rings. The zero-order valence-corrected chi connectivity index (χ0v) is 15.0. The van der Waals surface area contributed by atoms with E-state index in [0.717, 1.165) is 19.0 Å². The number of hydrogen-bond acceptors (Lipinski definition) is 3. The number of benzene rings is 1. The first-order chi connectivity index (χ1) is 9.13. The molecular weight excluding hydrogens is 467 g/mol. The molecule has 0 atom stereocenters. The molecule has 7 heteroatoms. The van der Waals surface area contributed by atoms with E-state index in [1.165, 1.54) is 14.7 Å². The minimum atomic E-state index is -0.844. The van der Waals surface area contributed by atoms with Crippen LogP contribution in [0.4, 0.5) is 14.5 Å². The van der Waals surface area contributed by atoms with Gasteiger partial charge in [0.15, 0.2) is 11.6 Å². The first-order valence-corrected chi connectivity index (χ1v) is 10.4. The molecule has 0 aliphatic carbocycles. The molecule has 0 N–H and O–H groups in total. The van der Waals surface area contributed by atoms with E-state index in [0.29, 0.717) is 5.69 Å². The molecule has 0 saturated heterocycles. The molecule has 1 aromatic carbocycles. The van der Waals surface area contributed by atoms with Gasteiger partial charge in [-0.3, -0.25) is 0 Å². The summed E-state index contributed by atoms with van der Waals surface area (Å²) in [6, 6.07) is 4.81. The number of rotatable bonds is 5. The Morgan fingerprint density at radius 1 is 1.32 bits per heavy atom. The van der Waals surface area contributed by atoms with Gasteiger partial charge in [0.1, 0.15) is 0 Å². The second-order valence-corrected chi connectivity index (χ2v) is 7.08. The highest BCUT2D eigenvalue weighted by molar-refractivity contribution is 14.2. The summed E-state index contributed by atoms with van der Waals surface area (Å²) < 4.78 is 28.8.